The number of carboxylic acid groups (broad SMARTS) is 1. The zero-order valence-corrected chi connectivity index (χ0v) is 12.9. The summed E-state index contributed by atoms with van der Waals surface area (Å²) < 4.78 is 0. The predicted octanol–water partition coefficient (Wildman–Crippen LogP) is 2.19. The Morgan fingerprint density at radius 2 is 2.30 bits per heavy atom. The number of carboxylic acids is 1. The third-order valence-electron chi connectivity index (χ3n) is 3.16. The van der Waals surface area contributed by atoms with Gasteiger partial charge in [0.15, 0.2) is 0 Å². The largest absolute Gasteiger partial charge is 0.480 e. The molecule has 1 amide bonds. The van der Waals surface area contributed by atoms with E-state index in [1.54, 1.807) is 29.6 Å². The molecule has 1 atom stereocenters. The lowest BCUT2D eigenvalue weighted by molar-refractivity contribution is -0.141. The van der Waals surface area contributed by atoms with Gasteiger partial charge in [-0.15, -0.1) is 0 Å². The van der Waals surface area contributed by atoms with Crippen molar-refractivity contribution in [3.63, 3.8) is 0 Å². The second-order valence-corrected chi connectivity index (χ2v) is 6.58. The van der Waals surface area contributed by atoms with Crippen molar-refractivity contribution in [2.75, 3.05) is 24.3 Å². The molecule has 0 spiro atoms. The summed E-state index contributed by atoms with van der Waals surface area (Å²) in [4.78, 5) is 25.3. The van der Waals surface area contributed by atoms with Gasteiger partial charge in [0.1, 0.15) is 6.04 Å². The Morgan fingerprint density at radius 1 is 1.50 bits per heavy atom. The fraction of sp³-hybridized carbons (Fsp3) is 0.429. The number of thioether (sulfide) groups is 2. The third-order valence-corrected chi connectivity index (χ3v) is 4.80. The van der Waals surface area contributed by atoms with Crippen molar-refractivity contribution in [3.8, 4) is 0 Å². The molecule has 0 radical (unpaired) electrons. The Morgan fingerprint density at radius 3 is 3.00 bits per heavy atom. The Hall–Kier alpha value is -1.14. The van der Waals surface area contributed by atoms with Gasteiger partial charge in [0.05, 0.1) is 0 Å². The van der Waals surface area contributed by atoms with Crippen LogP contribution in [0.5, 0.6) is 0 Å². The van der Waals surface area contributed by atoms with Crippen LogP contribution in [0.25, 0.3) is 0 Å². The number of benzene rings is 1. The fourth-order valence-corrected chi connectivity index (χ4v) is 3.73. The molecule has 2 rings (SSSR count). The van der Waals surface area contributed by atoms with Crippen molar-refractivity contribution in [1.82, 2.24) is 4.90 Å². The summed E-state index contributed by atoms with van der Waals surface area (Å²) in [5.41, 5.74) is 1.66. The van der Waals surface area contributed by atoms with Crippen LogP contribution in [0, 0.1) is 0 Å². The average molecular weight is 311 g/mol. The molecule has 0 saturated carbocycles. The zero-order valence-electron chi connectivity index (χ0n) is 11.2. The van der Waals surface area contributed by atoms with E-state index in [-0.39, 0.29) is 5.91 Å². The quantitative estimate of drug-likeness (QED) is 0.924. The van der Waals surface area contributed by atoms with Crippen molar-refractivity contribution in [2.45, 2.75) is 11.8 Å². The number of nitrogens with zero attached hydrogens (tertiary/aromatic N) is 1. The van der Waals surface area contributed by atoms with Crippen molar-refractivity contribution in [2.24, 2.45) is 0 Å². The first-order chi connectivity index (χ1) is 9.63. The van der Waals surface area contributed by atoms with E-state index in [1.165, 1.54) is 4.90 Å². The van der Waals surface area contributed by atoms with Crippen molar-refractivity contribution >= 4 is 35.4 Å². The summed E-state index contributed by atoms with van der Waals surface area (Å²) in [6, 6.07) is 6.73. The number of carbonyl (C=O) groups is 2. The lowest BCUT2D eigenvalue weighted by Crippen LogP contribution is -2.50. The summed E-state index contributed by atoms with van der Waals surface area (Å²) in [6.45, 7) is 0.493. The Bertz CT molecular complexity index is 507. The van der Waals surface area contributed by atoms with Crippen LogP contribution in [0.4, 0.5) is 0 Å². The van der Waals surface area contributed by atoms with Gasteiger partial charge in [-0.05, 0) is 24.0 Å². The Labute approximate surface area is 126 Å². The number of rotatable bonds is 4. The monoisotopic (exact) mass is 311 g/mol. The molecule has 1 saturated heterocycles. The first kappa shape index (κ1) is 15.3. The van der Waals surface area contributed by atoms with Gasteiger partial charge in [-0.2, -0.15) is 23.5 Å². The van der Waals surface area contributed by atoms with Gasteiger partial charge in [-0.3, -0.25) is 4.79 Å². The normalized spacial score (nSPS) is 18.9. The highest BCUT2D eigenvalue weighted by Crippen LogP contribution is 2.20. The van der Waals surface area contributed by atoms with Crippen molar-refractivity contribution in [3.05, 3.63) is 35.4 Å². The molecule has 1 aliphatic heterocycles. The highest BCUT2D eigenvalue weighted by molar-refractivity contribution is 7.99. The van der Waals surface area contributed by atoms with Gasteiger partial charge in [0.25, 0.3) is 5.91 Å². The molecular weight excluding hydrogens is 294 g/mol. The summed E-state index contributed by atoms with van der Waals surface area (Å²) in [6.07, 6.45) is 2.01. The molecule has 0 aliphatic carbocycles. The third kappa shape index (κ3) is 3.49. The molecule has 1 fully saturated rings. The molecule has 20 heavy (non-hydrogen) atoms. The van der Waals surface area contributed by atoms with Crippen LogP contribution in [0.1, 0.15) is 15.9 Å². The van der Waals surface area contributed by atoms with Crippen LogP contribution in [0.3, 0.4) is 0 Å². The van der Waals surface area contributed by atoms with Crippen LogP contribution in [0.15, 0.2) is 24.3 Å². The molecule has 1 N–H and O–H groups in total. The molecule has 1 aliphatic rings. The van der Waals surface area contributed by atoms with E-state index in [0.717, 1.165) is 17.1 Å². The number of amides is 1. The first-order valence-electron chi connectivity index (χ1n) is 6.33. The van der Waals surface area contributed by atoms with Gasteiger partial charge in [0, 0.05) is 29.4 Å². The maximum absolute atomic E-state index is 12.5. The van der Waals surface area contributed by atoms with E-state index in [4.69, 9.17) is 0 Å². The highest BCUT2D eigenvalue weighted by atomic mass is 32.2. The SMILES string of the molecule is CSCc1cccc(C(=O)N2CCSCC2C(=O)O)c1. The molecule has 1 aromatic carbocycles. The lowest BCUT2D eigenvalue weighted by atomic mass is 10.1. The second kappa shape index (κ2) is 7.04. The van der Waals surface area contributed by atoms with E-state index in [9.17, 15) is 14.7 Å². The number of hydrogen-bond acceptors (Lipinski definition) is 4. The van der Waals surface area contributed by atoms with Crippen LogP contribution >= 0.6 is 23.5 Å². The topological polar surface area (TPSA) is 57.6 Å². The van der Waals surface area contributed by atoms with Gasteiger partial charge in [-0.25, -0.2) is 4.79 Å². The van der Waals surface area contributed by atoms with Crippen LogP contribution < -0.4 is 0 Å². The van der Waals surface area contributed by atoms with Gasteiger partial charge >= 0.3 is 5.97 Å². The van der Waals surface area contributed by atoms with Gasteiger partial charge in [-0.1, -0.05) is 12.1 Å². The maximum Gasteiger partial charge on any atom is 0.327 e. The van der Waals surface area contributed by atoms with E-state index in [2.05, 4.69) is 0 Å². The Balaban J connectivity index is 2.20. The summed E-state index contributed by atoms with van der Waals surface area (Å²) in [5, 5.41) is 9.23. The lowest BCUT2D eigenvalue weighted by Gasteiger charge is -2.32. The molecule has 6 heteroatoms. The number of carbonyl (C=O) groups excluding carboxylic acids is 1. The molecule has 0 aromatic heterocycles. The number of aliphatic carboxylic acids is 1. The number of hydrogen-bond donors (Lipinski definition) is 1. The van der Waals surface area contributed by atoms with Gasteiger partial charge in [0.2, 0.25) is 0 Å². The van der Waals surface area contributed by atoms with Crippen LogP contribution in [0.2, 0.25) is 0 Å². The molecular formula is C14H17NO3S2. The molecule has 1 unspecified atom stereocenters. The Kier molecular flexibility index (Phi) is 5.37. The minimum atomic E-state index is -0.925. The molecule has 0 bridgehead atoms. The molecule has 4 nitrogen and oxygen atoms in total. The second-order valence-electron chi connectivity index (χ2n) is 4.56. The van der Waals surface area contributed by atoms with Gasteiger partial charge < -0.3 is 10.0 Å². The summed E-state index contributed by atoms with van der Waals surface area (Å²) in [7, 11) is 0. The van der Waals surface area contributed by atoms with E-state index >= 15 is 0 Å². The minimum absolute atomic E-state index is 0.180. The molecule has 1 aromatic rings. The average Bonchev–Trinajstić information content (AvgIpc) is 2.47. The highest BCUT2D eigenvalue weighted by Gasteiger charge is 2.32. The maximum atomic E-state index is 12.5. The van der Waals surface area contributed by atoms with E-state index < -0.39 is 12.0 Å². The molecule has 1 heterocycles. The minimum Gasteiger partial charge on any atom is -0.480 e. The standard InChI is InChI=1S/C14H17NO3S2/c1-19-8-10-3-2-4-11(7-10)13(16)15-5-6-20-9-12(15)14(17)18/h2-4,7,12H,5-6,8-9H2,1H3,(H,17,18). The predicted molar refractivity (Wildman–Crippen MR) is 83.4 cm³/mol. The van der Waals surface area contributed by atoms with Crippen molar-refractivity contribution in [1.29, 1.82) is 0 Å². The van der Waals surface area contributed by atoms with E-state index in [0.29, 0.717) is 17.9 Å². The zero-order chi connectivity index (χ0) is 14.5. The summed E-state index contributed by atoms with van der Waals surface area (Å²) >= 11 is 3.27. The van der Waals surface area contributed by atoms with Crippen LogP contribution in [-0.4, -0.2) is 52.2 Å². The van der Waals surface area contributed by atoms with Crippen LogP contribution in [-0.2, 0) is 10.5 Å². The summed E-state index contributed by atoms with van der Waals surface area (Å²) in [5.74, 6) is 0.997. The molecule has 108 valence electrons. The smallest absolute Gasteiger partial charge is 0.327 e. The van der Waals surface area contributed by atoms with E-state index in [1.807, 2.05) is 24.5 Å². The van der Waals surface area contributed by atoms with Crippen molar-refractivity contribution < 1.29 is 14.7 Å². The fourth-order valence-electron chi connectivity index (χ4n) is 2.18. The first-order valence-corrected chi connectivity index (χ1v) is 8.87.